The zero-order valence-electron chi connectivity index (χ0n) is 14.7. The van der Waals surface area contributed by atoms with Crippen molar-refractivity contribution in [2.75, 3.05) is 27.3 Å². The zero-order valence-corrected chi connectivity index (χ0v) is 15.5. The Morgan fingerprint density at radius 3 is 2.65 bits per heavy atom. The van der Waals surface area contributed by atoms with Gasteiger partial charge in [0.2, 0.25) is 0 Å². The van der Waals surface area contributed by atoms with Crippen LogP contribution in [0.2, 0.25) is 0 Å². The lowest BCUT2D eigenvalue weighted by atomic mass is 10.1. The topological polar surface area (TPSA) is 80.8 Å². The molecule has 0 radical (unpaired) electrons. The van der Waals surface area contributed by atoms with Crippen molar-refractivity contribution >= 4 is 23.3 Å². The molecular weight excluding hydrogens is 354 g/mol. The molecule has 0 unspecified atom stereocenters. The maximum Gasteiger partial charge on any atom is 0.409 e. The first kappa shape index (κ1) is 18.2. The van der Waals surface area contributed by atoms with E-state index in [0.717, 1.165) is 16.3 Å². The average Bonchev–Trinajstić information content (AvgIpc) is 3.18. The summed E-state index contributed by atoms with van der Waals surface area (Å²) in [6.07, 6.45) is 1.07. The molecular formula is C18H21N3O4S. The van der Waals surface area contributed by atoms with Crippen molar-refractivity contribution in [3.63, 3.8) is 0 Å². The highest BCUT2D eigenvalue weighted by atomic mass is 32.1. The second-order valence-electron chi connectivity index (χ2n) is 5.94. The molecule has 1 aliphatic rings. The van der Waals surface area contributed by atoms with E-state index in [2.05, 4.69) is 10.3 Å². The summed E-state index contributed by atoms with van der Waals surface area (Å²) in [5.74, 6) is 0.530. The normalized spacial score (nSPS) is 14.8. The Kier molecular flexibility index (Phi) is 5.72. The molecule has 0 bridgehead atoms. The molecule has 1 N–H and O–H groups in total. The molecule has 1 aliphatic heterocycles. The summed E-state index contributed by atoms with van der Waals surface area (Å²) in [5.41, 5.74) is 1.26. The lowest BCUT2D eigenvalue weighted by Crippen LogP contribution is -2.46. The zero-order chi connectivity index (χ0) is 18.5. The highest BCUT2D eigenvalue weighted by Gasteiger charge is 2.25. The summed E-state index contributed by atoms with van der Waals surface area (Å²) in [6.45, 7) is 1.14. The number of rotatable bonds is 4. The van der Waals surface area contributed by atoms with E-state index in [9.17, 15) is 9.59 Å². The van der Waals surface area contributed by atoms with E-state index in [1.54, 1.807) is 17.4 Å². The third kappa shape index (κ3) is 3.96. The number of hydrogen-bond donors (Lipinski definition) is 1. The van der Waals surface area contributed by atoms with E-state index in [0.29, 0.717) is 31.6 Å². The van der Waals surface area contributed by atoms with Crippen molar-refractivity contribution in [3.8, 4) is 16.3 Å². The van der Waals surface area contributed by atoms with Crippen molar-refractivity contribution in [3.05, 3.63) is 35.3 Å². The number of piperidine rings is 1. The van der Waals surface area contributed by atoms with Crippen LogP contribution in [0.1, 0.15) is 23.3 Å². The number of aromatic nitrogens is 1. The van der Waals surface area contributed by atoms with Crippen LogP contribution in [-0.2, 0) is 4.74 Å². The summed E-state index contributed by atoms with van der Waals surface area (Å²) in [4.78, 5) is 30.1. The minimum absolute atomic E-state index is 0.0276. The molecule has 1 fully saturated rings. The molecule has 1 aromatic heterocycles. The van der Waals surface area contributed by atoms with Crippen LogP contribution in [0.5, 0.6) is 5.75 Å². The minimum Gasteiger partial charge on any atom is -0.496 e. The first-order valence-corrected chi connectivity index (χ1v) is 9.23. The van der Waals surface area contributed by atoms with Crippen LogP contribution in [-0.4, -0.2) is 55.2 Å². The quantitative estimate of drug-likeness (QED) is 0.889. The van der Waals surface area contributed by atoms with E-state index in [4.69, 9.17) is 9.47 Å². The van der Waals surface area contributed by atoms with Gasteiger partial charge in [-0.2, -0.15) is 0 Å². The molecule has 2 amide bonds. The lowest BCUT2D eigenvalue weighted by Gasteiger charge is -2.31. The van der Waals surface area contributed by atoms with Gasteiger partial charge in [0.05, 0.1) is 19.8 Å². The number of carbonyl (C=O) groups excluding carboxylic acids is 2. The molecule has 26 heavy (non-hydrogen) atoms. The van der Waals surface area contributed by atoms with Gasteiger partial charge in [0.15, 0.2) is 0 Å². The highest BCUT2D eigenvalue weighted by molar-refractivity contribution is 7.13. The van der Waals surface area contributed by atoms with Crippen LogP contribution in [0.4, 0.5) is 4.79 Å². The number of nitrogens with zero attached hydrogens (tertiary/aromatic N) is 2. The van der Waals surface area contributed by atoms with E-state index in [-0.39, 0.29) is 18.0 Å². The van der Waals surface area contributed by atoms with Gasteiger partial charge in [-0.05, 0) is 25.0 Å². The molecule has 2 aromatic rings. The van der Waals surface area contributed by atoms with Crippen LogP contribution in [0.3, 0.4) is 0 Å². The third-order valence-corrected chi connectivity index (χ3v) is 5.21. The molecule has 8 heteroatoms. The fourth-order valence-electron chi connectivity index (χ4n) is 2.92. The molecule has 138 valence electrons. The summed E-state index contributed by atoms with van der Waals surface area (Å²) >= 11 is 1.41. The van der Waals surface area contributed by atoms with Gasteiger partial charge in [0, 0.05) is 24.5 Å². The fourth-order valence-corrected chi connectivity index (χ4v) is 3.75. The van der Waals surface area contributed by atoms with Gasteiger partial charge >= 0.3 is 6.09 Å². The minimum atomic E-state index is -0.323. The standard InChI is InChI=1S/C18H21N3O4S/c1-24-15-6-4-3-5-13(15)17-20-14(11-26-17)16(22)19-12-7-9-21(10-8-12)18(23)25-2/h3-6,11-12H,7-10H2,1-2H3,(H,19,22). The number of likely N-dealkylation sites (tertiary alicyclic amines) is 1. The van der Waals surface area contributed by atoms with Crippen LogP contribution >= 0.6 is 11.3 Å². The molecule has 0 saturated carbocycles. The number of amides is 2. The van der Waals surface area contributed by atoms with Crippen molar-refractivity contribution in [2.24, 2.45) is 0 Å². The van der Waals surface area contributed by atoms with Gasteiger partial charge in [-0.15, -0.1) is 11.3 Å². The third-order valence-electron chi connectivity index (χ3n) is 4.34. The van der Waals surface area contributed by atoms with Gasteiger partial charge in [0.25, 0.3) is 5.91 Å². The molecule has 0 atom stereocenters. The number of para-hydroxylation sites is 1. The van der Waals surface area contributed by atoms with Gasteiger partial charge < -0.3 is 19.7 Å². The van der Waals surface area contributed by atoms with Crippen LogP contribution in [0.25, 0.3) is 10.6 Å². The van der Waals surface area contributed by atoms with Crippen LogP contribution in [0.15, 0.2) is 29.6 Å². The van der Waals surface area contributed by atoms with Gasteiger partial charge in [0.1, 0.15) is 16.5 Å². The number of methoxy groups -OCH3 is 2. The number of hydrogen-bond acceptors (Lipinski definition) is 6. The average molecular weight is 375 g/mol. The Hall–Kier alpha value is -2.61. The Morgan fingerprint density at radius 1 is 1.23 bits per heavy atom. The van der Waals surface area contributed by atoms with E-state index in [1.807, 2.05) is 24.3 Å². The van der Waals surface area contributed by atoms with Gasteiger partial charge in [-0.25, -0.2) is 9.78 Å². The smallest absolute Gasteiger partial charge is 0.409 e. The Morgan fingerprint density at radius 2 is 1.96 bits per heavy atom. The number of ether oxygens (including phenoxy) is 2. The fraction of sp³-hybridized carbons (Fsp3) is 0.389. The largest absolute Gasteiger partial charge is 0.496 e. The van der Waals surface area contributed by atoms with Crippen molar-refractivity contribution in [2.45, 2.75) is 18.9 Å². The first-order chi connectivity index (χ1) is 12.6. The molecule has 7 nitrogen and oxygen atoms in total. The molecule has 0 aliphatic carbocycles. The van der Waals surface area contributed by atoms with Crippen LogP contribution < -0.4 is 10.1 Å². The second-order valence-corrected chi connectivity index (χ2v) is 6.80. The summed E-state index contributed by atoms with van der Waals surface area (Å²) < 4.78 is 10.1. The Bertz CT molecular complexity index is 784. The highest BCUT2D eigenvalue weighted by Crippen LogP contribution is 2.31. The number of carbonyl (C=O) groups is 2. The second kappa shape index (κ2) is 8.18. The maximum absolute atomic E-state index is 12.5. The van der Waals surface area contributed by atoms with Crippen molar-refractivity contribution in [1.82, 2.24) is 15.2 Å². The summed E-state index contributed by atoms with van der Waals surface area (Å²) in [6, 6.07) is 7.62. The summed E-state index contributed by atoms with van der Waals surface area (Å²) in [5, 5.41) is 5.50. The SMILES string of the molecule is COC(=O)N1CCC(NC(=O)c2csc(-c3ccccc3OC)n2)CC1. The van der Waals surface area contributed by atoms with Gasteiger partial charge in [-0.1, -0.05) is 12.1 Å². The van der Waals surface area contributed by atoms with E-state index < -0.39 is 0 Å². The molecule has 1 saturated heterocycles. The number of benzene rings is 1. The predicted octanol–water partition coefficient (Wildman–Crippen LogP) is 2.78. The van der Waals surface area contributed by atoms with Gasteiger partial charge in [-0.3, -0.25) is 4.79 Å². The summed E-state index contributed by atoms with van der Waals surface area (Å²) in [7, 11) is 2.98. The number of thiazole rings is 1. The monoisotopic (exact) mass is 375 g/mol. The molecule has 2 heterocycles. The Labute approximate surface area is 155 Å². The van der Waals surface area contributed by atoms with Crippen molar-refractivity contribution < 1.29 is 19.1 Å². The van der Waals surface area contributed by atoms with Crippen molar-refractivity contribution in [1.29, 1.82) is 0 Å². The molecule has 0 spiro atoms. The Balaban J connectivity index is 1.62. The van der Waals surface area contributed by atoms with E-state index in [1.165, 1.54) is 18.4 Å². The van der Waals surface area contributed by atoms with E-state index >= 15 is 0 Å². The molecule has 1 aromatic carbocycles. The predicted molar refractivity (Wildman–Crippen MR) is 98.6 cm³/mol. The van der Waals surface area contributed by atoms with Crippen LogP contribution in [0, 0.1) is 0 Å². The lowest BCUT2D eigenvalue weighted by molar-refractivity contribution is 0.0888. The molecule has 3 rings (SSSR count). The first-order valence-electron chi connectivity index (χ1n) is 8.35. The maximum atomic E-state index is 12.5. The number of nitrogens with one attached hydrogen (secondary N) is 1.